The van der Waals surface area contributed by atoms with Crippen LogP contribution < -0.4 is 10.5 Å². The van der Waals surface area contributed by atoms with Gasteiger partial charge in [0.2, 0.25) is 0 Å². The summed E-state index contributed by atoms with van der Waals surface area (Å²) in [4.78, 5) is 15.1. The van der Waals surface area contributed by atoms with Gasteiger partial charge in [-0.3, -0.25) is 4.79 Å². The zero-order valence-corrected chi connectivity index (χ0v) is 11.7. The summed E-state index contributed by atoms with van der Waals surface area (Å²) in [7, 11) is 1.61. The number of methoxy groups -OCH3 is 1. The highest BCUT2D eigenvalue weighted by Crippen LogP contribution is 2.28. The fourth-order valence-corrected chi connectivity index (χ4v) is 3.35. The third kappa shape index (κ3) is 2.52. The largest absolute Gasteiger partial charge is 0.496 e. The number of hydrogen-bond acceptors (Lipinski definition) is 4. The van der Waals surface area contributed by atoms with Crippen molar-refractivity contribution in [2.24, 2.45) is 11.7 Å². The molecule has 0 radical (unpaired) electrons. The minimum atomic E-state index is 0.0882. The van der Waals surface area contributed by atoms with Crippen molar-refractivity contribution in [1.82, 2.24) is 4.90 Å². The summed E-state index contributed by atoms with van der Waals surface area (Å²) in [6.45, 7) is 3.52. The SMILES string of the molecule is COc1csc(C(=O)N2CCCC(C)C2CN)c1. The van der Waals surface area contributed by atoms with Gasteiger partial charge in [0.15, 0.2) is 0 Å². The van der Waals surface area contributed by atoms with E-state index in [2.05, 4.69) is 6.92 Å². The van der Waals surface area contributed by atoms with Crippen molar-refractivity contribution in [2.75, 3.05) is 20.2 Å². The fourth-order valence-electron chi connectivity index (χ4n) is 2.54. The van der Waals surface area contributed by atoms with E-state index in [0.29, 0.717) is 12.5 Å². The highest BCUT2D eigenvalue weighted by atomic mass is 32.1. The van der Waals surface area contributed by atoms with Gasteiger partial charge in [0.25, 0.3) is 5.91 Å². The lowest BCUT2D eigenvalue weighted by molar-refractivity contribution is 0.0537. The Kier molecular flexibility index (Phi) is 4.24. The zero-order valence-electron chi connectivity index (χ0n) is 10.9. The Morgan fingerprint density at radius 2 is 2.44 bits per heavy atom. The molecule has 1 fully saturated rings. The molecule has 1 saturated heterocycles. The van der Waals surface area contributed by atoms with Crippen molar-refractivity contribution < 1.29 is 9.53 Å². The van der Waals surface area contributed by atoms with Crippen molar-refractivity contribution in [3.8, 4) is 5.75 Å². The molecule has 1 aromatic rings. The lowest BCUT2D eigenvalue weighted by Crippen LogP contribution is -2.51. The number of likely N-dealkylation sites (tertiary alicyclic amines) is 1. The van der Waals surface area contributed by atoms with E-state index in [9.17, 15) is 4.79 Å². The van der Waals surface area contributed by atoms with Gasteiger partial charge in [0, 0.05) is 30.6 Å². The monoisotopic (exact) mass is 268 g/mol. The third-order valence-corrected chi connectivity index (χ3v) is 4.54. The Labute approximate surface area is 112 Å². The molecule has 0 aliphatic carbocycles. The Bertz CT molecular complexity index is 419. The van der Waals surface area contributed by atoms with E-state index in [1.807, 2.05) is 10.3 Å². The molecule has 1 aromatic heterocycles. The maximum Gasteiger partial charge on any atom is 0.264 e. The van der Waals surface area contributed by atoms with Crippen molar-refractivity contribution in [2.45, 2.75) is 25.8 Å². The summed E-state index contributed by atoms with van der Waals surface area (Å²) in [5.41, 5.74) is 5.82. The second kappa shape index (κ2) is 5.71. The van der Waals surface area contributed by atoms with Crippen molar-refractivity contribution >= 4 is 17.2 Å². The van der Waals surface area contributed by atoms with Crippen LogP contribution in [0.1, 0.15) is 29.4 Å². The summed E-state index contributed by atoms with van der Waals surface area (Å²) in [6, 6.07) is 1.97. The highest BCUT2D eigenvalue weighted by molar-refractivity contribution is 7.12. The quantitative estimate of drug-likeness (QED) is 0.911. The molecule has 2 heterocycles. The van der Waals surface area contributed by atoms with Gasteiger partial charge >= 0.3 is 0 Å². The van der Waals surface area contributed by atoms with Gasteiger partial charge in [-0.1, -0.05) is 6.92 Å². The maximum absolute atomic E-state index is 12.5. The molecule has 18 heavy (non-hydrogen) atoms. The molecule has 2 rings (SSSR count). The van der Waals surface area contributed by atoms with E-state index in [-0.39, 0.29) is 11.9 Å². The molecule has 1 aliphatic rings. The van der Waals surface area contributed by atoms with Gasteiger partial charge in [-0.05, 0) is 18.8 Å². The number of piperidine rings is 1. The van der Waals surface area contributed by atoms with E-state index in [1.165, 1.54) is 11.3 Å². The molecule has 5 heteroatoms. The number of amides is 1. The van der Waals surface area contributed by atoms with Gasteiger partial charge in [0.05, 0.1) is 12.0 Å². The van der Waals surface area contributed by atoms with Gasteiger partial charge in [-0.2, -0.15) is 0 Å². The second-order valence-electron chi connectivity index (χ2n) is 4.77. The first-order valence-electron chi connectivity index (χ1n) is 6.31. The number of thiophene rings is 1. The van der Waals surface area contributed by atoms with Gasteiger partial charge < -0.3 is 15.4 Å². The van der Waals surface area contributed by atoms with Crippen LogP contribution in [0, 0.1) is 5.92 Å². The van der Waals surface area contributed by atoms with Gasteiger partial charge in [-0.25, -0.2) is 0 Å². The molecule has 0 saturated carbocycles. The molecule has 4 nitrogen and oxygen atoms in total. The van der Waals surface area contributed by atoms with E-state index < -0.39 is 0 Å². The molecular weight excluding hydrogens is 248 g/mol. The van der Waals surface area contributed by atoms with Crippen LogP contribution in [0.3, 0.4) is 0 Å². The van der Waals surface area contributed by atoms with E-state index in [0.717, 1.165) is 30.0 Å². The number of nitrogens with zero attached hydrogens (tertiary/aromatic N) is 1. The minimum Gasteiger partial charge on any atom is -0.496 e. The predicted octanol–water partition coefficient (Wildman–Crippen LogP) is 1.96. The predicted molar refractivity (Wildman–Crippen MR) is 73.1 cm³/mol. The summed E-state index contributed by atoms with van der Waals surface area (Å²) in [6.07, 6.45) is 2.21. The molecule has 2 unspecified atom stereocenters. The van der Waals surface area contributed by atoms with Gasteiger partial charge in [0.1, 0.15) is 5.75 Å². The molecule has 2 N–H and O–H groups in total. The number of carbonyl (C=O) groups is 1. The maximum atomic E-state index is 12.5. The van der Waals surface area contributed by atoms with Crippen molar-refractivity contribution in [1.29, 1.82) is 0 Å². The van der Waals surface area contributed by atoms with Crippen LogP contribution in [0.2, 0.25) is 0 Å². The Morgan fingerprint density at radius 1 is 1.67 bits per heavy atom. The highest BCUT2D eigenvalue weighted by Gasteiger charge is 2.31. The molecule has 2 atom stereocenters. The number of ether oxygens (including phenoxy) is 1. The van der Waals surface area contributed by atoms with Crippen LogP contribution in [-0.2, 0) is 0 Å². The van der Waals surface area contributed by atoms with Crippen molar-refractivity contribution in [3.63, 3.8) is 0 Å². The van der Waals surface area contributed by atoms with Crippen LogP contribution in [0.5, 0.6) is 5.75 Å². The summed E-state index contributed by atoms with van der Waals surface area (Å²) in [5, 5.41) is 1.86. The lowest BCUT2D eigenvalue weighted by atomic mass is 9.90. The summed E-state index contributed by atoms with van der Waals surface area (Å²) < 4.78 is 5.12. The first-order valence-corrected chi connectivity index (χ1v) is 7.19. The lowest BCUT2D eigenvalue weighted by Gasteiger charge is -2.39. The normalized spacial score (nSPS) is 24.1. The van der Waals surface area contributed by atoms with Crippen LogP contribution in [0.4, 0.5) is 0 Å². The zero-order chi connectivity index (χ0) is 13.1. The molecule has 100 valence electrons. The average Bonchev–Trinajstić information content (AvgIpc) is 2.86. The number of hydrogen-bond donors (Lipinski definition) is 1. The fraction of sp³-hybridized carbons (Fsp3) is 0.615. The number of rotatable bonds is 3. The first kappa shape index (κ1) is 13.4. The summed E-state index contributed by atoms with van der Waals surface area (Å²) in [5.74, 6) is 1.32. The van der Waals surface area contributed by atoms with Crippen LogP contribution >= 0.6 is 11.3 Å². The second-order valence-corrected chi connectivity index (χ2v) is 5.68. The molecular formula is C13H20N2O2S. The smallest absolute Gasteiger partial charge is 0.264 e. The molecule has 1 aliphatic heterocycles. The van der Waals surface area contributed by atoms with E-state index >= 15 is 0 Å². The Morgan fingerprint density at radius 3 is 3.06 bits per heavy atom. The standard InChI is InChI=1S/C13H20N2O2S/c1-9-4-3-5-15(11(9)7-14)13(16)12-6-10(17-2)8-18-12/h6,8-9,11H,3-5,7,14H2,1-2H3. The topological polar surface area (TPSA) is 55.6 Å². The van der Waals surface area contributed by atoms with Gasteiger partial charge in [-0.15, -0.1) is 11.3 Å². The van der Waals surface area contributed by atoms with Crippen LogP contribution in [0.15, 0.2) is 11.4 Å². The van der Waals surface area contributed by atoms with E-state index in [1.54, 1.807) is 13.2 Å². The minimum absolute atomic E-state index is 0.0882. The average molecular weight is 268 g/mol. The third-order valence-electron chi connectivity index (χ3n) is 3.64. The first-order chi connectivity index (χ1) is 8.67. The summed E-state index contributed by atoms with van der Waals surface area (Å²) >= 11 is 1.43. The van der Waals surface area contributed by atoms with Crippen LogP contribution in [-0.4, -0.2) is 37.0 Å². The molecule has 0 aromatic carbocycles. The number of nitrogens with two attached hydrogens (primary N) is 1. The Balaban J connectivity index is 2.16. The number of carbonyl (C=O) groups excluding carboxylic acids is 1. The van der Waals surface area contributed by atoms with Crippen LogP contribution in [0.25, 0.3) is 0 Å². The van der Waals surface area contributed by atoms with E-state index in [4.69, 9.17) is 10.5 Å². The van der Waals surface area contributed by atoms with Crippen molar-refractivity contribution in [3.05, 3.63) is 16.3 Å². The molecule has 0 bridgehead atoms. The molecule has 0 spiro atoms. The molecule has 1 amide bonds. The Hall–Kier alpha value is -1.07.